The molecular formula is C23H18FNO. The molecule has 1 aliphatic heterocycles. The Morgan fingerprint density at radius 3 is 2.38 bits per heavy atom. The summed E-state index contributed by atoms with van der Waals surface area (Å²) in [6.45, 7) is 0. The predicted octanol–water partition coefficient (Wildman–Crippen LogP) is 4.81. The standard InChI is InChI=1S/C23H18FNO/c24-16-11-9-14(10-12-16)23(26)22-19-13-15-5-1-2-6-17(15)21(19)18-7-3-4-8-20(18)25-22/h1-12,19,21-22,25H,13H2/t19-,21-,22+/m0/s1. The molecule has 3 aromatic carbocycles. The van der Waals surface area contributed by atoms with E-state index < -0.39 is 0 Å². The van der Waals surface area contributed by atoms with Crippen LogP contribution >= 0.6 is 0 Å². The highest BCUT2D eigenvalue weighted by Gasteiger charge is 2.45. The van der Waals surface area contributed by atoms with E-state index in [1.165, 1.54) is 28.8 Å². The Balaban J connectivity index is 1.61. The molecule has 0 radical (unpaired) electrons. The zero-order valence-electron chi connectivity index (χ0n) is 14.2. The number of ketones is 1. The second-order valence-electron chi connectivity index (χ2n) is 7.12. The summed E-state index contributed by atoms with van der Waals surface area (Å²) in [5, 5.41) is 3.47. The molecule has 26 heavy (non-hydrogen) atoms. The van der Waals surface area contributed by atoms with E-state index in [0.717, 1.165) is 12.1 Å². The third-order valence-corrected chi connectivity index (χ3v) is 5.72. The number of hydrogen-bond donors (Lipinski definition) is 1. The number of anilines is 1. The van der Waals surface area contributed by atoms with Crippen LogP contribution in [0.3, 0.4) is 0 Å². The Bertz CT molecular complexity index is 995. The SMILES string of the molecule is O=C(c1ccc(F)cc1)[C@@H]1Nc2ccccc2[C@@H]2c3ccccc3C[C@@H]21. The maximum atomic E-state index is 13.3. The lowest BCUT2D eigenvalue weighted by molar-refractivity contribution is 0.0938. The second-order valence-corrected chi connectivity index (χ2v) is 7.12. The number of fused-ring (bicyclic) bond motifs is 5. The third kappa shape index (κ3) is 2.27. The topological polar surface area (TPSA) is 29.1 Å². The number of nitrogens with one attached hydrogen (secondary N) is 1. The summed E-state index contributed by atoms with van der Waals surface area (Å²) < 4.78 is 13.3. The lowest BCUT2D eigenvalue weighted by atomic mass is 9.75. The van der Waals surface area contributed by atoms with Crippen molar-refractivity contribution < 1.29 is 9.18 Å². The third-order valence-electron chi connectivity index (χ3n) is 5.72. The highest BCUT2D eigenvalue weighted by Crippen LogP contribution is 2.50. The number of halogens is 1. The van der Waals surface area contributed by atoms with Crippen molar-refractivity contribution in [3.05, 3.63) is 101 Å². The van der Waals surface area contributed by atoms with E-state index >= 15 is 0 Å². The van der Waals surface area contributed by atoms with Crippen molar-refractivity contribution in [3.63, 3.8) is 0 Å². The fourth-order valence-corrected chi connectivity index (χ4v) is 4.56. The van der Waals surface area contributed by atoms with Crippen LogP contribution in [0.25, 0.3) is 0 Å². The Labute approximate surface area is 151 Å². The van der Waals surface area contributed by atoms with E-state index in [9.17, 15) is 9.18 Å². The van der Waals surface area contributed by atoms with Gasteiger partial charge in [-0.25, -0.2) is 4.39 Å². The molecule has 0 spiro atoms. The molecule has 0 saturated carbocycles. The number of carbonyl (C=O) groups excluding carboxylic acids is 1. The Morgan fingerprint density at radius 1 is 0.885 bits per heavy atom. The molecule has 1 aliphatic carbocycles. The van der Waals surface area contributed by atoms with E-state index in [0.29, 0.717) is 5.56 Å². The summed E-state index contributed by atoms with van der Waals surface area (Å²) >= 11 is 0. The predicted molar refractivity (Wildman–Crippen MR) is 100 cm³/mol. The summed E-state index contributed by atoms with van der Waals surface area (Å²) in [4.78, 5) is 13.2. The van der Waals surface area contributed by atoms with Crippen LogP contribution in [0.15, 0.2) is 72.8 Å². The maximum absolute atomic E-state index is 13.3. The molecule has 0 fully saturated rings. The largest absolute Gasteiger partial charge is 0.374 e. The smallest absolute Gasteiger partial charge is 0.185 e. The molecule has 2 nitrogen and oxygen atoms in total. The molecule has 5 rings (SSSR count). The van der Waals surface area contributed by atoms with Crippen LogP contribution in [0.1, 0.15) is 33.0 Å². The molecule has 128 valence electrons. The number of carbonyl (C=O) groups is 1. The fourth-order valence-electron chi connectivity index (χ4n) is 4.56. The summed E-state index contributed by atoms with van der Waals surface area (Å²) in [5.41, 5.74) is 5.47. The van der Waals surface area contributed by atoms with Gasteiger partial charge in [0.05, 0.1) is 6.04 Å². The minimum atomic E-state index is -0.324. The van der Waals surface area contributed by atoms with Crippen LogP contribution in [-0.2, 0) is 6.42 Å². The summed E-state index contributed by atoms with van der Waals surface area (Å²) in [7, 11) is 0. The van der Waals surface area contributed by atoms with Gasteiger partial charge >= 0.3 is 0 Å². The van der Waals surface area contributed by atoms with E-state index in [1.807, 2.05) is 12.1 Å². The van der Waals surface area contributed by atoms with Crippen molar-refractivity contribution in [2.45, 2.75) is 18.4 Å². The molecule has 0 unspecified atom stereocenters. The molecule has 1 N–H and O–H groups in total. The quantitative estimate of drug-likeness (QED) is 0.677. The molecule has 3 atom stereocenters. The van der Waals surface area contributed by atoms with E-state index in [1.54, 1.807) is 12.1 Å². The van der Waals surface area contributed by atoms with Crippen molar-refractivity contribution in [3.8, 4) is 0 Å². The molecule has 0 amide bonds. The van der Waals surface area contributed by atoms with Crippen LogP contribution in [0.2, 0.25) is 0 Å². The Morgan fingerprint density at radius 2 is 1.58 bits per heavy atom. The summed E-state index contributed by atoms with van der Waals surface area (Å²) in [6.07, 6.45) is 0.875. The Kier molecular flexibility index (Phi) is 3.42. The minimum Gasteiger partial charge on any atom is -0.374 e. The van der Waals surface area contributed by atoms with Crippen LogP contribution in [0.5, 0.6) is 0 Å². The van der Waals surface area contributed by atoms with Gasteiger partial charge in [-0.1, -0.05) is 42.5 Å². The molecule has 3 heteroatoms. The van der Waals surface area contributed by atoms with Gasteiger partial charge < -0.3 is 5.32 Å². The Hall–Kier alpha value is -2.94. The summed E-state index contributed by atoms with van der Waals surface area (Å²) in [5.74, 6) is 0.0925. The van der Waals surface area contributed by atoms with E-state index in [4.69, 9.17) is 0 Å². The van der Waals surface area contributed by atoms with E-state index in [2.05, 4.69) is 41.7 Å². The van der Waals surface area contributed by atoms with Crippen molar-refractivity contribution in [2.24, 2.45) is 5.92 Å². The van der Waals surface area contributed by atoms with Crippen molar-refractivity contribution >= 4 is 11.5 Å². The molecule has 0 aromatic heterocycles. The maximum Gasteiger partial charge on any atom is 0.185 e. The number of rotatable bonds is 2. The van der Waals surface area contributed by atoms with Crippen molar-refractivity contribution in [2.75, 3.05) is 5.32 Å². The fraction of sp³-hybridized carbons (Fsp3) is 0.174. The average molecular weight is 343 g/mol. The first kappa shape index (κ1) is 15.3. The van der Waals surface area contributed by atoms with Crippen LogP contribution in [0.4, 0.5) is 10.1 Å². The van der Waals surface area contributed by atoms with Gasteiger partial charge in [0.15, 0.2) is 5.78 Å². The van der Waals surface area contributed by atoms with Crippen LogP contribution in [0, 0.1) is 11.7 Å². The van der Waals surface area contributed by atoms with Crippen molar-refractivity contribution in [1.29, 1.82) is 0 Å². The zero-order chi connectivity index (χ0) is 17.7. The molecule has 3 aromatic rings. The minimum absolute atomic E-state index is 0.0299. The number of Topliss-reactive ketones (excluding diaryl/α,β-unsaturated/α-hetero) is 1. The molecule has 0 bridgehead atoms. The molecular weight excluding hydrogens is 325 g/mol. The average Bonchev–Trinajstić information content (AvgIpc) is 3.07. The number of hydrogen-bond acceptors (Lipinski definition) is 2. The first-order valence-corrected chi connectivity index (χ1v) is 8.95. The highest BCUT2D eigenvalue weighted by atomic mass is 19.1. The first-order chi connectivity index (χ1) is 12.7. The van der Waals surface area contributed by atoms with Gasteiger partial charge in [-0.05, 0) is 53.4 Å². The number of para-hydroxylation sites is 1. The number of benzene rings is 3. The second kappa shape index (κ2) is 5.80. The van der Waals surface area contributed by atoms with Crippen LogP contribution < -0.4 is 5.32 Å². The van der Waals surface area contributed by atoms with Gasteiger partial charge in [-0.2, -0.15) is 0 Å². The highest BCUT2D eigenvalue weighted by molar-refractivity contribution is 6.02. The van der Waals surface area contributed by atoms with E-state index in [-0.39, 0.29) is 29.5 Å². The summed E-state index contributed by atoms with van der Waals surface area (Å²) in [6, 6.07) is 22.3. The molecule has 2 aliphatic rings. The van der Waals surface area contributed by atoms with Crippen LogP contribution in [-0.4, -0.2) is 11.8 Å². The van der Waals surface area contributed by atoms with Gasteiger partial charge in [0.25, 0.3) is 0 Å². The molecule has 0 saturated heterocycles. The zero-order valence-corrected chi connectivity index (χ0v) is 14.2. The van der Waals surface area contributed by atoms with Gasteiger partial charge in [-0.3, -0.25) is 4.79 Å². The first-order valence-electron chi connectivity index (χ1n) is 8.95. The monoisotopic (exact) mass is 343 g/mol. The lowest BCUT2D eigenvalue weighted by Crippen LogP contribution is -2.42. The van der Waals surface area contributed by atoms with Gasteiger partial charge in [0, 0.05) is 23.1 Å². The lowest BCUT2D eigenvalue weighted by Gasteiger charge is -2.36. The van der Waals surface area contributed by atoms with Gasteiger partial charge in [-0.15, -0.1) is 0 Å². The van der Waals surface area contributed by atoms with Gasteiger partial charge in [0.2, 0.25) is 0 Å². The van der Waals surface area contributed by atoms with Gasteiger partial charge in [0.1, 0.15) is 5.82 Å². The normalized spacial score (nSPS) is 22.7. The molecule has 1 heterocycles. The van der Waals surface area contributed by atoms with Crippen molar-refractivity contribution in [1.82, 2.24) is 0 Å².